The van der Waals surface area contributed by atoms with Crippen LogP contribution in [0.2, 0.25) is 5.02 Å². The summed E-state index contributed by atoms with van der Waals surface area (Å²) in [6.07, 6.45) is 2.97. The standard InChI is InChI=1S/C19H19ClFN3O2/c1-12(25)18-15(21)5-2-6-16(18)24-9-3-4-13(11-24)19(26)23-17-8-7-14(20)10-22-17/h2,5-8,10,13H,3-4,9,11H2,1H3,(H,22,23,26)/t13-/m1/s1. The maximum atomic E-state index is 14.1. The number of rotatable bonds is 4. The molecule has 1 aliphatic rings. The zero-order chi connectivity index (χ0) is 18.7. The topological polar surface area (TPSA) is 62.3 Å². The molecule has 3 rings (SSSR count). The number of pyridine rings is 1. The number of aromatic nitrogens is 1. The van der Waals surface area contributed by atoms with Crippen molar-refractivity contribution in [2.75, 3.05) is 23.3 Å². The first kappa shape index (κ1) is 18.3. The molecule has 136 valence electrons. The van der Waals surface area contributed by atoms with E-state index in [4.69, 9.17) is 11.6 Å². The summed E-state index contributed by atoms with van der Waals surface area (Å²) in [4.78, 5) is 30.4. The molecule has 2 heterocycles. The van der Waals surface area contributed by atoms with Crippen molar-refractivity contribution in [1.82, 2.24) is 4.98 Å². The maximum absolute atomic E-state index is 14.1. The van der Waals surface area contributed by atoms with Gasteiger partial charge in [-0.1, -0.05) is 17.7 Å². The molecule has 26 heavy (non-hydrogen) atoms. The highest BCUT2D eigenvalue weighted by atomic mass is 35.5. The number of hydrogen-bond acceptors (Lipinski definition) is 4. The molecule has 0 aliphatic carbocycles. The number of nitrogens with one attached hydrogen (secondary N) is 1. The summed E-state index contributed by atoms with van der Waals surface area (Å²) in [5.41, 5.74) is 0.618. The number of benzene rings is 1. The second kappa shape index (κ2) is 7.83. The first-order valence-corrected chi connectivity index (χ1v) is 8.80. The lowest BCUT2D eigenvalue weighted by Gasteiger charge is -2.34. The fraction of sp³-hybridized carbons (Fsp3) is 0.316. The number of Topliss-reactive ketones (excluding diaryl/α,β-unsaturated/α-hetero) is 1. The molecule has 1 amide bonds. The van der Waals surface area contributed by atoms with Crippen molar-refractivity contribution in [3.63, 3.8) is 0 Å². The lowest BCUT2D eigenvalue weighted by Crippen LogP contribution is -2.41. The van der Waals surface area contributed by atoms with Crippen LogP contribution in [0.4, 0.5) is 15.9 Å². The Labute approximate surface area is 156 Å². The molecule has 1 atom stereocenters. The quantitative estimate of drug-likeness (QED) is 0.822. The van der Waals surface area contributed by atoms with Crippen molar-refractivity contribution in [3.05, 3.63) is 52.9 Å². The fourth-order valence-corrected chi connectivity index (χ4v) is 3.32. The van der Waals surface area contributed by atoms with Gasteiger partial charge in [0.25, 0.3) is 0 Å². The van der Waals surface area contributed by atoms with E-state index in [1.807, 2.05) is 4.90 Å². The minimum atomic E-state index is -0.535. The number of nitrogens with zero attached hydrogens (tertiary/aromatic N) is 2. The van der Waals surface area contributed by atoms with E-state index in [-0.39, 0.29) is 23.2 Å². The fourth-order valence-electron chi connectivity index (χ4n) is 3.21. The molecular formula is C19H19ClFN3O2. The molecule has 0 saturated carbocycles. The third-order valence-electron chi connectivity index (χ3n) is 4.46. The maximum Gasteiger partial charge on any atom is 0.230 e. The number of anilines is 2. The monoisotopic (exact) mass is 375 g/mol. The zero-order valence-corrected chi connectivity index (χ0v) is 15.1. The molecule has 1 aromatic carbocycles. The largest absolute Gasteiger partial charge is 0.370 e. The number of amides is 1. The highest BCUT2D eigenvalue weighted by Crippen LogP contribution is 2.29. The number of carbonyl (C=O) groups excluding carboxylic acids is 2. The summed E-state index contributed by atoms with van der Waals surface area (Å²) in [5, 5.41) is 3.28. The zero-order valence-electron chi connectivity index (χ0n) is 14.3. The summed E-state index contributed by atoms with van der Waals surface area (Å²) < 4.78 is 14.1. The molecule has 1 N–H and O–H groups in total. The SMILES string of the molecule is CC(=O)c1c(F)cccc1N1CCC[C@@H](C(=O)Nc2ccc(Cl)cn2)C1. The molecule has 1 aliphatic heterocycles. The van der Waals surface area contributed by atoms with Crippen molar-refractivity contribution in [2.45, 2.75) is 19.8 Å². The van der Waals surface area contributed by atoms with Gasteiger partial charge in [0, 0.05) is 19.3 Å². The van der Waals surface area contributed by atoms with Gasteiger partial charge in [-0.05, 0) is 44.0 Å². The molecule has 1 aromatic heterocycles. The lowest BCUT2D eigenvalue weighted by atomic mass is 9.95. The number of hydrogen-bond donors (Lipinski definition) is 1. The van der Waals surface area contributed by atoms with E-state index in [9.17, 15) is 14.0 Å². The minimum Gasteiger partial charge on any atom is -0.370 e. The lowest BCUT2D eigenvalue weighted by molar-refractivity contribution is -0.120. The summed E-state index contributed by atoms with van der Waals surface area (Å²) in [6.45, 7) is 2.44. The van der Waals surface area contributed by atoms with Crippen molar-refractivity contribution < 1.29 is 14.0 Å². The van der Waals surface area contributed by atoms with E-state index in [1.54, 1.807) is 24.3 Å². The van der Waals surface area contributed by atoms with Crippen LogP contribution in [0, 0.1) is 11.7 Å². The van der Waals surface area contributed by atoms with Gasteiger partial charge in [-0.2, -0.15) is 0 Å². The van der Waals surface area contributed by atoms with Crippen LogP contribution in [-0.4, -0.2) is 29.8 Å². The average molecular weight is 376 g/mol. The minimum absolute atomic E-state index is 0.0768. The van der Waals surface area contributed by atoms with E-state index in [0.29, 0.717) is 29.6 Å². The van der Waals surface area contributed by atoms with Crippen LogP contribution in [0.5, 0.6) is 0 Å². The Balaban J connectivity index is 1.75. The second-order valence-electron chi connectivity index (χ2n) is 6.33. The summed E-state index contributed by atoms with van der Waals surface area (Å²) in [5.74, 6) is -0.844. The van der Waals surface area contributed by atoms with E-state index < -0.39 is 5.82 Å². The van der Waals surface area contributed by atoms with E-state index in [0.717, 1.165) is 12.8 Å². The molecule has 5 nitrogen and oxygen atoms in total. The predicted molar refractivity (Wildman–Crippen MR) is 99.2 cm³/mol. The summed E-state index contributed by atoms with van der Waals surface area (Å²) >= 11 is 5.80. The van der Waals surface area contributed by atoms with Crippen molar-refractivity contribution in [2.24, 2.45) is 5.92 Å². The molecule has 1 saturated heterocycles. The highest BCUT2D eigenvalue weighted by molar-refractivity contribution is 6.30. The molecule has 0 spiro atoms. The predicted octanol–water partition coefficient (Wildman–Crippen LogP) is 3.93. The smallest absolute Gasteiger partial charge is 0.230 e. The van der Waals surface area contributed by atoms with Crippen LogP contribution in [-0.2, 0) is 4.79 Å². The first-order chi connectivity index (χ1) is 12.5. The molecule has 2 aromatic rings. The first-order valence-electron chi connectivity index (χ1n) is 8.42. The van der Waals surface area contributed by atoms with Crippen molar-refractivity contribution >= 4 is 34.8 Å². The van der Waals surface area contributed by atoms with E-state index in [2.05, 4.69) is 10.3 Å². The van der Waals surface area contributed by atoms with Crippen molar-refractivity contribution in [1.29, 1.82) is 0 Å². The van der Waals surface area contributed by atoms with E-state index >= 15 is 0 Å². The molecule has 1 fully saturated rings. The third kappa shape index (κ3) is 4.02. The van der Waals surface area contributed by atoms with Gasteiger partial charge in [0.15, 0.2) is 5.78 Å². The molecule has 0 radical (unpaired) electrons. The Bertz CT molecular complexity index is 826. The van der Waals surface area contributed by atoms with Crippen LogP contribution in [0.3, 0.4) is 0 Å². The number of ketones is 1. The number of piperidine rings is 1. The summed E-state index contributed by atoms with van der Waals surface area (Å²) in [6, 6.07) is 7.88. The van der Waals surface area contributed by atoms with Crippen LogP contribution in [0.25, 0.3) is 0 Å². The number of carbonyl (C=O) groups is 2. The second-order valence-corrected chi connectivity index (χ2v) is 6.76. The molecule has 0 unspecified atom stereocenters. The van der Waals surface area contributed by atoms with Gasteiger partial charge in [-0.25, -0.2) is 9.37 Å². The van der Waals surface area contributed by atoms with Crippen LogP contribution >= 0.6 is 11.6 Å². The normalized spacial score (nSPS) is 17.0. The van der Waals surface area contributed by atoms with Crippen LogP contribution < -0.4 is 10.2 Å². The third-order valence-corrected chi connectivity index (χ3v) is 4.68. The molecule has 7 heteroatoms. The van der Waals surface area contributed by atoms with E-state index in [1.165, 1.54) is 19.2 Å². The van der Waals surface area contributed by atoms with Crippen molar-refractivity contribution in [3.8, 4) is 0 Å². The van der Waals surface area contributed by atoms with Gasteiger partial charge < -0.3 is 10.2 Å². The van der Waals surface area contributed by atoms with Gasteiger partial charge in [-0.15, -0.1) is 0 Å². The molecule has 0 bridgehead atoms. The van der Waals surface area contributed by atoms with Gasteiger partial charge in [0.1, 0.15) is 11.6 Å². The Morgan fingerprint density at radius 1 is 1.31 bits per heavy atom. The molecular weight excluding hydrogens is 357 g/mol. The van der Waals surface area contributed by atoms with Crippen LogP contribution in [0.1, 0.15) is 30.1 Å². The Hall–Kier alpha value is -2.47. The number of halogens is 2. The Kier molecular flexibility index (Phi) is 5.52. The highest BCUT2D eigenvalue weighted by Gasteiger charge is 2.28. The van der Waals surface area contributed by atoms with Crippen LogP contribution in [0.15, 0.2) is 36.5 Å². The van der Waals surface area contributed by atoms with Gasteiger partial charge >= 0.3 is 0 Å². The van der Waals surface area contributed by atoms with Gasteiger partial charge in [0.05, 0.1) is 22.2 Å². The Morgan fingerprint density at radius 2 is 2.12 bits per heavy atom. The van der Waals surface area contributed by atoms with Gasteiger partial charge in [-0.3, -0.25) is 9.59 Å². The summed E-state index contributed by atoms with van der Waals surface area (Å²) in [7, 11) is 0. The Morgan fingerprint density at radius 3 is 2.81 bits per heavy atom. The van der Waals surface area contributed by atoms with Gasteiger partial charge in [0.2, 0.25) is 5.91 Å². The average Bonchev–Trinajstić information content (AvgIpc) is 2.63.